The zero-order valence-electron chi connectivity index (χ0n) is 10.0. The molecule has 1 fully saturated rings. The highest BCUT2D eigenvalue weighted by molar-refractivity contribution is 5.52. The Morgan fingerprint density at radius 3 is 2.88 bits per heavy atom. The van der Waals surface area contributed by atoms with E-state index in [1.165, 1.54) is 37.2 Å². The maximum atomic E-state index is 5.63. The molecule has 0 unspecified atom stereocenters. The third kappa shape index (κ3) is 2.53. The number of pyridine rings is 1. The van der Waals surface area contributed by atoms with Crippen molar-refractivity contribution in [2.24, 2.45) is 11.7 Å². The fourth-order valence-electron chi connectivity index (χ4n) is 2.33. The van der Waals surface area contributed by atoms with E-state index in [1.54, 1.807) is 0 Å². The van der Waals surface area contributed by atoms with Crippen LogP contribution in [0.2, 0.25) is 0 Å². The van der Waals surface area contributed by atoms with Gasteiger partial charge in [-0.2, -0.15) is 0 Å². The lowest BCUT2D eigenvalue weighted by Gasteiger charge is -2.33. The molecular formula is C13H21N3. The Bertz CT molecular complexity index is 330. The number of anilines is 1. The van der Waals surface area contributed by atoms with Gasteiger partial charge in [-0.15, -0.1) is 0 Å². The molecule has 2 rings (SSSR count). The van der Waals surface area contributed by atoms with E-state index < -0.39 is 0 Å². The molecule has 0 aromatic carbocycles. The highest BCUT2D eigenvalue weighted by atomic mass is 15.1. The Morgan fingerprint density at radius 1 is 1.44 bits per heavy atom. The Morgan fingerprint density at radius 2 is 2.19 bits per heavy atom. The van der Waals surface area contributed by atoms with E-state index in [9.17, 15) is 0 Å². The van der Waals surface area contributed by atoms with Crippen LogP contribution in [0.15, 0.2) is 18.5 Å². The van der Waals surface area contributed by atoms with Gasteiger partial charge in [-0.05, 0) is 43.4 Å². The van der Waals surface area contributed by atoms with E-state index in [4.69, 9.17) is 5.73 Å². The summed E-state index contributed by atoms with van der Waals surface area (Å²) in [4.78, 5) is 6.67. The summed E-state index contributed by atoms with van der Waals surface area (Å²) in [6.45, 7) is 5.37. The number of rotatable bonds is 3. The van der Waals surface area contributed by atoms with Gasteiger partial charge in [0.2, 0.25) is 0 Å². The third-order valence-electron chi connectivity index (χ3n) is 3.42. The summed E-state index contributed by atoms with van der Waals surface area (Å²) in [5.74, 6) is 0.871. The summed E-state index contributed by atoms with van der Waals surface area (Å²) in [5.41, 5.74) is 8.27. The molecule has 0 aliphatic carbocycles. The van der Waals surface area contributed by atoms with Gasteiger partial charge in [-0.1, -0.05) is 6.92 Å². The molecule has 1 aliphatic rings. The van der Waals surface area contributed by atoms with Gasteiger partial charge in [-0.25, -0.2) is 0 Å². The van der Waals surface area contributed by atoms with Gasteiger partial charge in [0.1, 0.15) is 0 Å². The second-order valence-corrected chi connectivity index (χ2v) is 4.71. The summed E-state index contributed by atoms with van der Waals surface area (Å²) in [7, 11) is 0. The minimum absolute atomic E-state index is 0.697. The van der Waals surface area contributed by atoms with Crippen molar-refractivity contribution in [2.45, 2.75) is 26.2 Å². The highest BCUT2D eigenvalue weighted by Gasteiger charge is 2.17. The van der Waals surface area contributed by atoms with E-state index in [1.807, 2.05) is 12.4 Å². The number of aromatic nitrogens is 1. The minimum atomic E-state index is 0.697. The first kappa shape index (κ1) is 11.4. The average molecular weight is 219 g/mol. The number of hydrogen-bond acceptors (Lipinski definition) is 3. The fourth-order valence-corrected chi connectivity index (χ4v) is 2.33. The van der Waals surface area contributed by atoms with Crippen molar-refractivity contribution in [3.05, 3.63) is 24.0 Å². The van der Waals surface area contributed by atoms with Crippen molar-refractivity contribution in [1.29, 1.82) is 0 Å². The maximum absolute atomic E-state index is 5.63. The Kier molecular flexibility index (Phi) is 3.78. The van der Waals surface area contributed by atoms with Gasteiger partial charge in [-0.3, -0.25) is 4.98 Å². The lowest BCUT2D eigenvalue weighted by molar-refractivity contribution is 0.438. The summed E-state index contributed by atoms with van der Waals surface area (Å²) in [6, 6.07) is 2.13. The van der Waals surface area contributed by atoms with Crippen molar-refractivity contribution in [2.75, 3.05) is 24.5 Å². The molecule has 1 saturated heterocycles. The van der Waals surface area contributed by atoms with Gasteiger partial charge in [0.15, 0.2) is 0 Å². The third-order valence-corrected chi connectivity index (χ3v) is 3.42. The standard InChI is InChI=1S/C13H21N3/c1-11-4-8-16(9-5-11)13-3-7-15-10-12(13)2-6-14/h3,7,10-11H,2,4-6,8-9,14H2,1H3. The van der Waals surface area contributed by atoms with Gasteiger partial charge >= 0.3 is 0 Å². The topological polar surface area (TPSA) is 42.2 Å². The van der Waals surface area contributed by atoms with Crippen molar-refractivity contribution in [3.63, 3.8) is 0 Å². The van der Waals surface area contributed by atoms with Crippen LogP contribution in [0.5, 0.6) is 0 Å². The zero-order valence-corrected chi connectivity index (χ0v) is 10.0. The molecule has 1 aliphatic heterocycles. The molecular weight excluding hydrogens is 198 g/mol. The summed E-state index contributed by atoms with van der Waals surface area (Å²) in [5, 5.41) is 0. The second kappa shape index (κ2) is 5.30. The van der Waals surface area contributed by atoms with E-state index >= 15 is 0 Å². The molecule has 1 aromatic rings. The molecule has 0 spiro atoms. The number of hydrogen-bond donors (Lipinski definition) is 1. The van der Waals surface area contributed by atoms with Crippen LogP contribution in [0.3, 0.4) is 0 Å². The summed E-state index contributed by atoms with van der Waals surface area (Å²) in [6.07, 6.45) is 7.36. The van der Waals surface area contributed by atoms with Crippen molar-refractivity contribution >= 4 is 5.69 Å². The zero-order chi connectivity index (χ0) is 11.4. The van der Waals surface area contributed by atoms with Crippen molar-refractivity contribution < 1.29 is 0 Å². The normalized spacial score (nSPS) is 17.8. The largest absolute Gasteiger partial charge is 0.371 e. The van der Waals surface area contributed by atoms with Crippen molar-refractivity contribution in [1.82, 2.24) is 4.98 Å². The smallest absolute Gasteiger partial charge is 0.0430 e. The van der Waals surface area contributed by atoms with Crippen LogP contribution in [0.1, 0.15) is 25.3 Å². The lowest BCUT2D eigenvalue weighted by atomic mass is 9.98. The van der Waals surface area contributed by atoms with Crippen LogP contribution < -0.4 is 10.6 Å². The molecule has 0 bridgehead atoms. The van der Waals surface area contributed by atoms with Gasteiger partial charge in [0.05, 0.1) is 0 Å². The SMILES string of the molecule is CC1CCN(c2ccncc2CCN)CC1. The second-order valence-electron chi connectivity index (χ2n) is 4.71. The van der Waals surface area contributed by atoms with Crippen LogP contribution in [-0.2, 0) is 6.42 Å². The lowest BCUT2D eigenvalue weighted by Crippen LogP contribution is -2.33. The molecule has 16 heavy (non-hydrogen) atoms. The van der Waals surface area contributed by atoms with Gasteiger partial charge in [0.25, 0.3) is 0 Å². The maximum Gasteiger partial charge on any atom is 0.0430 e. The molecule has 2 heterocycles. The molecule has 0 amide bonds. The fraction of sp³-hybridized carbons (Fsp3) is 0.615. The molecule has 3 nitrogen and oxygen atoms in total. The highest BCUT2D eigenvalue weighted by Crippen LogP contribution is 2.25. The predicted octanol–water partition coefficient (Wildman–Crippen LogP) is 1.82. The Balaban J connectivity index is 2.13. The van der Waals surface area contributed by atoms with Crippen LogP contribution in [0.25, 0.3) is 0 Å². The van der Waals surface area contributed by atoms with Crippen LogP contribution in [-0.4, -0.2) is 24.6 Å². The minimum Gasteiger partial charge on any atom is -0.371 e. The Hall–Kier alpha value is -1.09. The number of nitrogens with two attached hydrogens (primary N) is 1. The summed E-state index contributed by atoms with van der Waals surface area (Å²) < 4.78 is 0. The molecule has 3 heteroatoms. The molecule has 0 radical (unpaired) electrons. The van der Waals surface area contributed by atoms with Crippen LogP contribution in [0, 0.1) is 5.92 Å². The van der Waals surface area contributed by atoms with Gasteiger partial charge in [0, 0.05) is 31.2 Å². The van der Waals surface area contributed by atoms with Gasteiger partial charge < -0.3 is 10.6 Å². The Labute approximate surface area is 97.7 Å². The molecule has 0 atom stereocenters. The van der Waals surface area contributed by atoms with E-state index in [0.717, 1.165) is 12.3 Å². The predicted molar refractivity (Wildman–Crippen MR) is 67.6 cm³/mol. The van der Waals surface area contributed by atoms with E-state index in [2.05, 4.69) is 22.9 Å². The molecule has 88 valence electrons. The average Bonchev–Trinajstić information content (AvgIpc) is 2.32. The van der Waals surface area contributed by atoms with E-state index in [0.29, 0.717) is 6.54 Å². The van der Waals surface area contributed by atoms with E-state index in [-0.39, 0.29) is 0 Å². The molecule has 2 N–H and O–H groups in total. The monoisotopic (exact) mass is 219 g/mol. The van der Waals surface area contributed by atoms with Crippen LogP contribution >= 0.6 is 0 Å². The van der Waals surface area contributed by atoms with Crippen LogP contribution in [0.4, 0.5) is 5.69 Å². The summed E-state index contributed by atoms with van der Waals surface area (Å²) >= 11 is 0. The quantitative estimate of drug-likeness (QED) is 0.843. The first-order valence-electron chi connectivity index (χ1n) is 6.19. The first-order chi connectivity index (χ1) is 7.81. The van der Waals surface area contributed by atoms with Crippen molar-refractivity contribution in [3.8, 4) is 0 Å². The number of nitrogens with zero attached hydrogens (tertiary/aromatic N) is 2. The molecule has 0 saturated carbocycles. The first-order valence-corrected chi connectivity index (χ1v) is 6.19. The number of piperidine rings is 1. The molecule has 1 aromatic heterocycles.